The van der Waals surface area contributed by atoms with Gasteiger partial charge in [-0.25, -0.2) is 0 Å². The second-order valence-corrected chi connectivity index (χ2v) is 3.88. The van der Waals surface area contributed by atoms with Crippen LogP contribution in [0.25, 0.3) is 0 Å². The molecular weight excluding hydrogens is 154 g/mol. The quantitative estimate of drug-likeness (QED) is 0.601. The molecule has 0 fully saturated rings. The Hall–Kier alpha value is -1.12. The number of nitrogens with zero attached hydrogens (tertiary/aromatic N) is 1. The molecule has 66 valence electrons. The molecule has 0 saturated heterocycles. The monoisotopic (exact) mass is 167 g/mol. The van der Waals surface area contributed by atoms with E-state index in [4.69, 9.17) is 4.52 Å². The first-order valence-electron chi connectivity index (χ1n) is 3.88. The zero-order valence-corrected chi connectivity index (χ0v) is 7.84. The third-order valence-corrected chi connectivity index (χ3v) is 1.71. The summed E-state index contributed by atoms with van der Waals surface area (Å²) in [5.41, 5.74) is 1.09. The minimum atomic E-state index is -0.155. The van der Waals surface area contributed by atoms with E-state index in [-0.39, 0.29) is 5.41 Å². The van der Waals surface area contributed by atoms with Gasteiger partial charge in [0.1, 0.15) is 0 Å². The van der Waals surface area contributed by atoms with Crippen molar-refractivity contribution in [2.45, 2.75) is 33.1 Å². The summed E-state index contributed by atoms with van der Waals surface area (Å²) in [4.78, 5) is 10.7. The Morgan fingerprint density at radius 2 is 2.00 bits per heavy atom. The van der Waals surface area contributed by atoms with Gasteiger partial charge in [-0.1, -0.05) is 25.9 Å². The van der Waals surface area contributed by atoms with E-state index >= 15 is 0 Å². The van der Waals surface area contributed by atoms with Crippen molar-refractivity contribution in [2.75, 3.05) is 0 Å². The van der Waals surface area contributed by atoms with Crippen molar-refractivity contribution in [3.63, 3.8) is 0 Å². The molecule has 1 aromatic heterocycles. The van der Waals surface area contributed by atoms with Crippen LogP contribution in [0, 0.1) is 6.92 Å². The summed E-state index contributed by atoms with van der Waals surface area (Å²) < 4.78 is 5.07. The summed E-state index contributed by atoms with van der Waals surface area (Å²) >= 11 is 0. The number of aryl methyl sites for hydroxylation is 1. The number of aldehydes is 1. The topological polar surface area (TPSA) is 43.1 Å². The lowest BCUT2D eigenvalue weighted by Gasteiger charge is -2.13. The predicted molar refractivity (Wildman–Crippen MR) is 45.3 cm³/mol. The average Bonchev–Trinajstić information content (AvgIpc) is 2.29. The third kappa shape index (κ3) is 1.40. The largest absolute Gasteiger partial charge is 0.360 e. The van der Waals surface area contributed by atoms with E-state index in [1.807, 2.05) is 20.8 Å². The Kier molecular flexibility index (Phi) is 2.04. The van der Waals surface area contributed by atoms with Crippen molar-refractivity contribution in [1.29, 1.82) is 0 Å². The third-order valence-electron chi connectivity index (χ3n) is 1.71. The second-order valence-electron chi connectivity index (χ2n) is 3.88. The standard InChI is InChI=1S/C9H13NO2/c1-6-7(5-11)8(12-10-6)9(2,3)4/h5H,1-4H3. The first-order valence-corrected chi connectivity index (χ1v) is 3.88. The van der Waals surface area contributed by atoms with Gasteiger partial charge in [0.15, 0.2) is 12.0 Å². The van der Waals surface area contributed by atoms with Gasteiger partial charge in [0.2, 0.25) is 0 Å². The van der Waals surface area contributed by atoms with Crippen molar-refractivity contribution in [3.05, 3.63) is 17.0 Å². The maximum Gasteiger partial charge on any atom is 0.155 e. The van der Waals surface area contributed by atoms with Crippen LogP contribution in [0.2, 0.25) is 0 Å². The Balaban J connectivity index is 3.25. The highest BCUT2D eigenvalue weighted by atomic mass is 16.5. The van der Waals surface area contributed by atoms with Gasteiger partial charge in [-0.3, -0.25) is 4.79 Å². The van der Waals surface area contributed by atoms with Crippen molar-refractivity contribution >= 4 is 6.29 Å². The van der Waals surface area contributed by atoms with E-state index in [1.54, 1.807) is 6.92 Å². The smallest absolute Gasteiger partial charge is 0.155 e. The Morgan fingerprint density at radius 3 is 2.33 bits per heavy atom. The van der Waals surface area contributed by atoms with Gasteiger partial charge in [0.25, 0.3) is 0 Å². The van der Waals surface area contributed by atoms with Crippen LogP contribution in [0.15, 0.2) is 4.52 Å². The average molecular weight is 167 g/mol. The molecule has 0 aliphatic carbocycles. The van der Waals surface area contributed by atoms with Crippen LogP contribution in [-0.4, -0.2) is 11.4 Å². The Morgan fingerprint density at radius 1 is 1.42 bits per heavy atom. The van der Waals surface area contributed by atoms with Crippen molar-refractivity contribution in [2.24, 2.45) is 0 Å². The lowest BCUT2D eigenvalue weighted by molar-refractivity contribution is 0.111. The summed E-state index contributed by atoms with van der Waals surface area (Å²) in [5.74, 6) is 0.662. The minimum absolute atomic E-state index is 0.155. The van der Waals surface area contributed by atoms with Crippen molar-refractivity contribution < 1.29 is 9.32 Å². The van der Waals surface area contributed by atoms with Crippen LogP contribution in [0.5, 0.6) is 0 Å². The maximum atomic E-state index is 10.7. The van der Waals surface area contributed by atoms with Crippen molar-refractivity contribution in [1.82, 2.24) is 5.16 Å². The number of hydrogen-bond acceptors (Lipinski definition) is 3. The molecule has 0 amide bonds. The predicted octanol–water partition coefficient (Wildman–Crippen LogP) is 2.09. The zero-order valence-electron chi connectivity index (χ0n) is 7.84. The van der Waals surface area contributed by atoms with E-state index in [0.717, 1.165) is 6.29 Å². The maximum absolute atomic E-state index is 10.7. The van der Waals surface area contributed by atoms with E-state index in [1.165, 1.54) is 0 Å². The van der Waals surface area contributed by atoms with Crippen molar-refractivity contribution in [3.8, 4) is 0 Å². The van der Waals surface area contributed by atoms with Gasteiger partial charge in [0.05, 0.1) is 11.3 Å². The fourth-order valence-corrected chi connectivity index (χ4v) is 1.06. The summed E-state index contributed by atoms with van der Waals surface area (Å²) in [6.45, 7) is 7.72. The van der Waals surface area contributed by atoms with Gasteiger partial charge in [0, 0.05) is 5.41 Å². The normalized spacial score (nSPS) is 11.7. The molecule has 0 saturated carbocycles. The van der Waals surface area contributed by atoms with Gasteiger partial charge >= 0.3 is 0 Å². The fourth-order valence-electron chi connectivity index (χ4n) is 1.06. The van der Waals surface area contributed by atoms with Crippen LogP contribution in [0.3, 0.4) is 0 Å². The molecular formula is C9H13NO2. The molecule has 0 spiro atoms. The molecule has 0 aliphatic heterocycles. The zero-order chi connectivity index (χ0) is 9.35. The Labute approximate surface area is 71.7 Å². The molecule has 12 heavy (non-hydrogen) atoms. The van der Waals surface area contributed by atoms with E-state index in [2.05, 4.69) is 5.16 Å². The molecule has 0 unspecified atom stereocenters. The lowest BCUT2D eigenvalue weighted by atomic mass is 9.90. The highest BCUT2D eigenvalue weighted by molar-refractivity contribution is 5.78. The minimum Gasteiger partial charge on any atom is -0.360 e. The molecule has 3 heteroatoms. The first-order chi connectivity index (χ1) is 5.46. The number of hydrogen-bond donors (Lipinski definition) is 0. The van der Waals surface area contributed by atoms with Crippen LogP contribution < -0.4 is 0 Å². The molecule has 0 aliphatic rings. The highest BCUT2D eigenvalue weighted by Gasteiger charge is 2.24. The lowest BCUT2D eigenvalue weighted by Crippen LogP contribution is -2.12. The SMILES string of the molecule is Cc1noc(C(C)(C)C)c1C=O. The highest BCUT2D eigenvalue weighted by Crippen LogP contribution is 2.26. The first kappa shape index (κ1) is 8.97. The molecule has 0 bridgehead atoms. The second kappa shape index (κ2) is 2.73. The van der Waals surface area contributed by atoms with Gasteiger partial charge in [-0.2, -0.15) is 0 Å². The summed E-state index contributed by atoms with van der Waals surface area (Å²) in [6, 6.07) is 0. The van der Waals surface area contributed by atoms with E-state index in [9.17, 15) is 4.79 Å². The van der Waals surface area contributed by atoms with Gasteiger partial charge < -0.3 is 4.52 Å². The molecule has 1 aromatic rings. The van der Waals surface area contributed by atoms with Crippen LogP contribution in [0.1, 0.15) is 42.6 Å². The van der Waals surface area contributed by atoms with Crippen LogP contribution in [-0.2, 0) is 5.41 Å². The Bertz CT molecular complexity index is 294. The fraction of sp³-hybridized carbons (Fsp3) is 0.556. The molecule has 0 aromatic carbocycles. The molecule has 1 rings (SSSR count). The van der Waals surface area contributed by atoms with E-state index < -0.39 is 0 Å². The molecule has 0 atom stereocenters. The van der Waals surface area contributed by atoms with Gasteiger partial charge in [-0.15, -0.1) is 0 Å². The molecule has 0 N–H and O–H groups in total. The van der Waals surface area contributed by atoms with Crippen LogP contribution in [0.4, 0.5) is 0 Å². The molecule has 0 radical (unpaired) electrons. The summed E-state index contributed by atoms with van der Waals surface area (Å²) in [6.07, 6.45) is 0.798. The van der Waals surface area contributed by atoms with Crippen LogP contribution >= 0.6 is 0 Å². The number of aromatic nitrogens is 1. The number of rotatable bonds is 1. The number of carbonyl (C=O) groups is 1. The van der Waals surface area contributed by atoms with Gasteiger partial charge in [-0.05, 0) is 6.92 Å². The summed E-state index contributed by atoms with van der Waals surface area (Å²) in [5, 5.41) is 3.75. The number of carbonyl (C=O) groups excluding carboxylic acids is 1. The molecule has 3 nitrogen and oxygen atoms in total. The molecule has 1 heterocycles. The van der Waals surface area contributed by atoms with E-state index in [0.29, 0.717) is 17.0 Å². The summed E-state index contributed by atoms with van der Waals surface area (Å²) in [7, 11) is 0.